The highest BCUT2D eigenvalue weighted by atomic mass is 19.1. The van der Waals surface area contributed by atoms with Crippen LogP contribution in [-0.2, 0) is 12.0 Å². The maximum absolute atomic E-state index is 13.6. The average Bonchev–Trinajstić information content (AvgIpc) is 2.33. The Hall–Kier alpha value is -1.81. The second-order valence-electron chi connectivity index (χ2n) is 4.70. The summed E-state index contributed by atoms with van der Waals surface area (Å²) in [5.41, 5.74) is -0.910. The van der Waals surface area contributed by atoms with Crippen molar-refractivity contribution in [3.8, 4) is 0 Å². The van der Waals surface area contributed by atoms with Gasteiger partial charge >= 0.3 is 0 Å². The molecule has 2 aromatic carbocycles. The zero-order valence-electron chi connectivity index (χ0n) is 10.3. The van der Waals surface area contributed by atoms with E-state index in [0.717, 1.165) is 12.1 Å². The van der Waals surface area contributed by atoms with Gasteiger partial charge in [-0.1, -0.05) is 18.2 Å². The van der Waals surface area contributed by atoms with E-state index >= 15 is 0 Å². The Kier molecular flexibility index (Phi) is 3.62. The molecule has 1 atom stereocenters. The SMILES string of the molecule is CC(O)(Cc1ccc(F)cc1F)c1cccc(F)c1. The molecule has 0 aromatic heterocycles. The molecule has 0 aliphatic heterocycles. The Morgan fingerprint density at radius 1 is 1.00 bits per heavy atom. The van der Waals surface area contributed by atoms with Crippen molar-refractivity contribution in [2.45, 2.75) is 18.9 Å². The third-order valence-corrected chi connectivity index (χ3v) is 3.00. The Morgan fingerprint density at radius 2 is 1.68 bits per heavy atom. The fourth-order valence-electron chi connectivity index (χ4n) is 1.96. The van der Waals surface area contributed by atoms with Gasteiger partial charge in [-0.25, -0.2) is 13.2 Å². The molecule has 0 saturated heterocycles. The molecule has 0 bridgehead atoms. The van der Waals surface area contributed by atoms with Crippen molar-refractivity contribution in [2.24, 2.45) is 0 Å². The summed E-state index contributed by atoms with van der Waals surface area (Å²) < 4.78 is 39.5. The molecule has 0 saturated carbocycles. The minimum Gasteiger partial charge on any atom is -0.385 e. The van der Waals surface area contributed by atoms with Crippen molar-refractivity contribution < 1.29 is 18.3 Å². The normalized spacial score (nSPS) is 14.2. The molecule has 100 valence electrons. The van der Waals surface area contributed by atoms with Crippen LogP contribution in [0.1, 0.15) is 18.1 Å². The minimum atomic E-state index is -1.43. The quantitative estimate of drug-likeness (QED) is 0.900. The summed E-state index contributed by atoms with van der Waals surface area (Å²) in [6.45, 7) is 1.46. The van der Waals surface area contributed by atoms with Crippen LogP contribution in [0, 0.1) is 17.5 Å². The van der Waals surface area contributed by atoms with E-state index in [1.807, 2.05) is 0 Å². The van der Waals surface area contributed by atoms with Crippen LogP contribution in [0.15, 0.2) is 42.5 Å². The molecule has 0 amide bonds. The molecule has 0 aliphatic rings. The fraction of sp³-hybridized carbons (Fsp3) is 0.200. The average molecular weight is 266 g/mol. The smallest absolute Gasteiger partial charge is 0.129 e. The largest absolute Gasteiger partial charge is 0.385 e. The topological polar surface area (TPSA) is 20.2 Å². The lowest BCUT2D eigenvalue weighted by Gasteiger charge is -2.24. The van der Waals surface area contributed by atoms with Gasteiger partial charge in [0.05, 0.1) is 5.60 Å². The van der Waals surface area contributed by atoms with Crippen molar-refractivity contribution in [3.05, 3.63) is 71.0 Å². The second-order valence-corrected chi connectivity index (χ2v) is 4.70. The molecule has 1 unspecified atom stereocenters. The van der Waals surface area contributed by atoms with Gasteiger partial charge in [-0.15, -0.1) is 0 Å². The van der Waals surface area contributed by atoms with Gasteiger partial charge in [-0.05, 0) is 36.2 Å². The molecule has 0 spiro atoms. The number of rotatable bonds is 3. The molecule has 1 nitrogen and oxygen atoms in total. The van der Waals surface area contributed by atoms with Crippen molar-refractivity contribution >= 4 is 0 Å². The van der Waals surface area contributed by atoms with Crippen LogP contribution in [-0.4, -0.2) is 5.11 Å². The molecule has 4 heteroatoms. The molecule has 1 N–H and O–H groups in total. The monoisotopic (exact) mass is 266 g/mol. The lowest BCUT2D eigenvalue weighted by Crippen LogP contribution is -2.25. The van der Waals surface area contributed by atoms with Crippen molar-refractivity contribution in [1.29, 1.82) is 0 Å². The minimum absolute atomic E-state index is 0.0669. The first-order chi connectivity index (χ1) is 8.88. The Morgan fingerprint density at radius 3 is 2.32 bits per heavy atom. The molecule has 2 aromatic rings. The predicted molar refractivity (Wildman–Crippen MR) is 66.0 cm³/mol. The summed E-state index contributed by atoms with van der Waals surface area (Å²) >= 11 is 0. The van der Waals surface area contributed by atoms with Gasteiger partial charge in [-0.3, -0.25) is 0 Å². The summed E-state index contributed by atoms with van der Waals surface area (Å²) in [6, 6.07) is 8.65. The Labute approximate surface area is 109 Å². The zero-order chi connectivity index (χ0) is 14.0. The molecule has 2 rings (SSSR count). The van der Waals surface area contributed by atoms with E-state index in [1.54, 1.807) is 6.07 Å². The fourth-order valence-corrected chi connectivity index (χ4v) is 1.96. The van der Waals surface area contributed by atoms with Crippen LogP contribution in [0.4, 0.5) is 13.2 Å². The van der Waals surface area contributed by atoms with Gasteiger partial charge in [0.15, 0.2) is 0 Å². The lowest BCUT2D eigenvalue weighted by molar-refractivity contribution is 0.0563. The maximum Gasteiger partial charge on any atom is 0.129 e. The molecule has 0 radical (unpaired) electrons. The van der Waals surface area contributed by atoms with E-state index in [9.17, 15) is 18.3 Å². The standard InChI is InChI=1S/C15H13F3O/c1-15(19,11-3-2-4-12(16)7-11)9-10-5-6-13(17)8-14(10)18/h2-8,19H,9H2,1H3. The van der Waals surface area contributed by atoms with Crippen LogP contribution >= 0.6 is 0 Å². The van der Waals surface area contributed by atoms with Crippen LogP contribution in [0.2, 0.25) is 0 Å². The van der Waals surface area contributed by atoms with Crippen molar-refractivity contribution in [2.75, 3.05) is 0 Å². The molecule has 0 aliphatic carbocycles. The number of aliphatic hydroxyl groups is 1. The Bertz CT molecular complexity index is 594. The molecular formula is C15H13F3O. The van der Waals surface area contributed by atoms with Gasteiger partial charge in [-0.2, -0.15) is 0 Å². The van der Waals surface area contributed by atoms with Crippen LogP contribution < -0.4 is 0 Å². The van der Waals surface area contributed by atoms with Crippen molar-refractivity contribution in [1.82, 2.24) is 0 Å². The van der Waals surface area contributed by atoms with E-state index in [1.165, 1.54) is 31.2 Å². The van der Waals surface area contributed by atoms with E-state index in [2.05, 4.69) is 0 Å². The first-order valence-electron chi connectivity index (χ1n) is 5.81. The summed E-state index contributed by atoms with van der Waals surface area (Å²) in [7, 11) is 0. The van der Waals surface area contributed by atoms with Crippen molar-refractivity contribution in [3.63, 3.8) is 0 Å². The second kappa shape index (κ2) is 5.05. The highest BCUT2D eigenvalue weighted by Gasteiger charge is 2.25. The third kappa shape index (κ3) is 3.15. The molecule has 19 heavy (non-hydrogen) atoms. The van der Waals surface area contributed by atoms with Gasteiger partial charge in [0.2, 0.25) is 0 Å². The van der Waals surface area contributed by atoms with Crippen LogP contribution in [0.5, 0.6) is 0 Å². The van der Waals surface area contributed by atoms with E-state index in [0.29, 0.717) is 5.56 Å². The van der Waals surface area contributed by atoms with E-state index in [4.69, 9.17) is 0 Å². The van der Waals surface area contributed by atoms with Gasteiger partial charge in [0.25, 0.3) is 0 Å². The summed E-state index contributed by atoms with van der Waals surface area (Å²) in [6.07, 6.45) is -0.0669. The first kappa shape index (κ1) is 13.6. The molecule has 0 fully saturated rings. The maximum atomic E-state index is 13.6. The number of hydrogen-bond acceptors (Lipinski definition) is 1. The molecule has 0 heterocycles. The van der Waals surface area contributed by atoms with Gasteiger partial charge < -0.3 is 5.11 Å². The summed E-state index contributed by atoms with van der Waals surface area (Å²) in [4.78, 5) is 0. The number of benzene rings is 2. The van der Waals surface area contributed by atoms with Gasteiger partial charge in [0.1, 0.15) is 17.5 Å². The highest BCUT2D eigenvalue weighted by Crippen LogP contribution is 2.27. The summed E-state index contributed by atoms with van der Waals surface area (Å²) in [5, 5.41) is 10.3. The van der Waals surface area contributed by atoms with Crippen LogP contribution in [0.25, 0.3) is 0 Å². The first-order valence-corrected chi connectivity index (χ1v) is 5.81. The molecular weight excluding hydrogens is 253 g/mol. The number of halogens is 3. The van der Waals surface area contributed by atoms with E-state index in [-0.39, 0.29) is 12.0 Å². The van der Waals surface area contributed by atoms with Gasteiger partial charge in [0, 0.05) is 12.5 Å². The zero-order valence-corrected chi connectivity index (χ0v) is 10.3. The highest BCUT2D eigenvalue weighted by molar-refractivity contribution is 5.27. The Balaban J connectivity index is 2.30. The van der Waals surface area contributed by atoms with Crippen LogP contribution in [0.3, 0.4) is 0 Å². The summed E-state index contributed by atoms with van der Waals surface area (Å²) in [5.74, 6) is -1.87. The third-order valence-electron chi connectivity index (χ3n) is 3.00. The van der Waals surface area contributed by atoms with E-state index < -0.39 is 23.1 Å². The predicted octanol–water partition coefficient (Wildman–Crippen LogP) is 3.55. The number of hydrogen-bond donors (Lipinski definition) is 1. The lowest BCUT2D eigenvalue weighted by atomic mass is 9.89.